The van der Waals surface area contributed by atoms with Crippen molar-refractivity contribution in [2.45, 2.75) is 19.8 Å². The van der Waals surface area contributed by atoms with Crippen LogP contribution in [0.3, 0.4) is 0 Å². The summed E-state index contributed by atoms with van der Waals surface area (Å²) in [5.41, 5.74) is 3.59. The van der Waals surface area contributed by atoms with Crippen LogP contribution >= 0.6 is 11.6 Å². The van der Waals surface area contributed by atoms with Gasteiger partial charge in [-0.3, -0.25) is 0 Å². The molecule has 6 nitrogen and oxygen atoms in total. The third kappa shape index (κ3) is 3.90. The lowest BCUT2D eigenvalue weighted by Gasteiger charge is -2.30. The molecule has 0 bridgehead atoms. The highest BCUT2D eigenvalue weighted by Gasteiger charge is 2.19. The van der Waals surface area contributed by atoms with Gasteiger partial charge in [0.2, 0.25) is 5.82 Å². The topological polar surface area (TPSA) is 78.8 Å². The molecule has 3 heterocycles. The van der Waals surface area contributed by atoms with Gasteiger partial charge in [0.1, 0.15) is 11.9 Å². The quantitative estimate of drug-likeness (QED) is 0.646. The van der Waals surface area contributed by atoms with Gasteiger partial charge in [-0.05, 0) is 44.0 Å². The van der Waals surface area contributed by atoms with Crippen molar-refractivity contribution in [3.63, 3.8) is 0 Å². The normalized spacial score (nSPS) is 14.0. The highest BCUT2D eigenvalue weighted by Crippen LogP contribution is 2.26. The lowest BCUT2D eigenvalue weighted by Crippen LogP contribution is -2.32. The number of anilines is 1. The Hall–Kier alpha value is -3.17. The van der Waals surface area contributed by atoms with E-state index in [0.717, 1.165) is 43.0 Å². The largest absolute Gasteiger partial charge is 0.355 e. The molecule has 140 valence electrons. The van der Waals surface area contributed by atoms with Crippen molar-refractivity contribution >= 4 is 23.5 Å². The fraction of sp³-hybridized carbons (Fsp3) is 0.238. The predicted octanol–water partition coefficient (Wildman–Crippen LogP) is 4.65. The Balaban J connectivity index is 1.47. The van der Waals surface area contributed by atoms with Crippen molar-refractivity contribution < 1.29 is 4.52 Å². The number of pyridine rings is 1. The molecule has 1 aliphatic heterocycles. The van der Waals surface area contributed by atoms with Gasteiger partial charge in [0.25, 0.3) is 5.89 Å². The molecule has 2 aromatic heterocycles. The Morgan fingerprint density at radius 3 is 2.75 bits per heavy atom. The monoisotopic (exact) mass is 391 g/mol. The van der Waals surface area contributed by atoms with E-state index < -0.39 is 0 Å². The van der Waals surface area contributed by atoms with Gasteiger partial charge in [-0.15, -0.1) is 0 Å². The summed E-state index contributed by atoms with van der Waals surface area (Å²) in [5.74, 6) is 1.78. The number of rotatable bonds is 3. The number of aromatic nitrogens is 3. The molecular weight excluding hydrogens is 374 g/mol. The molecule has 1 saturated heterocycles. The van der Waals surface area contributed by atoms with Crippen molar-refractivity contribution in [3.05, 3.63) is 64.1 Å². The van der Waals surface area contributed by atoms with Gasteiger partial charge in [0, 0.05) is 35.4 Å². The zero-order chi connectivity index (χ0) is 19.5. The summed E-state index contributed by atoms with van der Waals surface area (Å²) < 4.78 is 5.38. The molecule has 4 rings (SSSR count). The standard InChI is InChI=1S/C21H18ClN5O/c1-14-5-6-17(13-23)21(24-14)27-9-7-15(8-10-27)11-19-25-20(26-28-19)16-3-2-4-18(22)12-16/h2-6,11-12H,7-10H2,1H3. The van der Waals surface area contributed by atoms with Crippen LogP contribution in [-0.2, 0) is 0 Å². The van der Waals surface area contributed by atoms with Gasteiger partial charge in [-0.2, -0.15) is 10.2 Å². The molecule has 0 spiro atoms. The van der Waals surface area contributed by atoms with E-state index >= 15 is 0 Å². The average molecular weight is 392 g/mol. The van der Waals surface area contributed by atoms with Crippen molar-refractivity contribution in [2.24, 2.45) is 0 Å². The molecule has 7 heteroatoms. The van der Waals surface area contributed by atoms with E-state index in [2.05, 4.69) is 26.1 Å². The maximum absolute atomic E-state index is 9.34. The van der Waals surface area contributed by atoms with Gasteiger partial charge in [-0.1, -0.05) is 34.5 Å². The highest BCUT2D eigenvalue weighted by molar-refractivity contribution is 6.30. The molecule has 0 saturated carbocycles. The minimum absolute atomic E-state index is 0.491. The third-order valence-electron chi connectivity index (χ3n) is 4.69. The van der Waals surface area contributed by atoms with Crippen LogP contribution in [0.15, 0.2) is 46.5 Å². The second-order valence-electron chi connectivity index (χ2n) is 6.69. The Morgan fingerprint density at radius 1 is 1.18 bits per heavy atom. The smallest absolute Gasteiger partial charge is 0.250 e. The Bertz CT molecular complexity index is 1070. The van der Waals surface area contributed by atoms with E-state index in [4.69, 9.17) is 16.1 Å². The summed E-state index contributed by atoms with van der Waals surface area (Å²) in [6.45, 7) is 3.53. The predicted molar refractivity (Wildman–Crippen MR) is 108 cm³/mol. The summed E-state index contributed by atoms with van der Waals surface area (Å²) in [5, 5.41) is 14.0. The van der Waals surface area contributed by atoms with E-state index in [0.29, 0.717) is 22.3 Å². The van der Waals surface area contributed by atoms with Gasteiger partial charge in [0.05, 0.1) is 5.56 Å². The number of nitrogens with zero attached hydrogens (tertiary/aromatic N) is 5. The molecule has 1 fully saturated rings. The first-order chi connectivity index (χ1) is 13.6. The van der Waals surface area contributed by atoms with E-state index in [-0.39, 0.29) is 0 Å². The van der Waals surface area contributed by atoms with E-state index in [1.54, 1.807) is 0 Å². The number of piperidine rings is 1. The number of halogens is 1. The number of aryl methyl sites for hydroxylation is 1. The lowest BCUT2D eigenvalue weighted by atomic mass is 10.0. The van der Waals surface area contributed by atoms with Crippen LogP contribution in [0.5, 0.6) is 0 Å². The molecule has 0 amide bonds. The molecule has 0 N–H and O–H groups in total. The molecule has 0 aliphatic carbocycles. The van der Waals surface area contributed by atoms with Crippen LogP contribution in [0.1, 0.15) is 30.0 Å². The highest BCUT2D eigenvalue weighted by atomic mass is 35.5. The second kappa shape index (κ2) is 7.83. The van der Waals surface area contributed by atoms with Crippen LogP contribution in [0, 0.1) is 18.3 Å². The molecule has 0 unspecified atom stereocenters. The average Bonchev–Trinajstić information content (AvgIpc) is 3.17. The summed E-state index contributed by atoms with van der Waals surface area (Å²) in [4.78, 5) is 11.2. The zero-order valence-electron chi connectivity index (χ0n) is 15.4. The number of hydrogen-bond donors (Lipinski definition) is 0. The van der Waals surface area contributed by atoms with E-state index in [9.17, 15) is 5.26 Å². The maximum Gasteiger partial charge on any atom is 0.250 e. The summed E-state index contributed by atoms with van der Waals surface area (Å²) in [7, 11) is 0. The first-order valence-corrected chi connectivity index (χ1v) is 9.42. The van der Waals surface area contributed by atoms with Crippen molar-refractivity contribution in [1.29, 1.82) is 5.26 Å². The fourth-order valence-corrected chi connectivity index (χ4v) is 3.42. The minimum atomic E-state index is 0.491. The number of nitriles is 1. The Morgan fingerprint density at radius 2 is 2.00 bits per heavy atom. The van der Waals surface area contributed by atoms with E-state index in [1.807, 2.05) is 49.4 Å². The van der Waals surface area contributed by atoms with Gasteiger partial charge < -0.3 is 9.42 Å². The lowest BCUT2D eigenvalue weighted by molar-refractivity contribution is 0.410. The maximum atomic E-state index is 9.34. The first kappa shape index (κ1) is 18.2. The van der Waals surface area contributed by atoms with Crippen LogP contribution in [-0.4, -0.2) is 28.2 Å². The van der Waals surface area contributed by atoms with Crippen LogP contribution in [0.25, 0.3) is 17.5 Å². The summed E-state index contributed by atoms with van der Waals surface area (Å²) in [6, 6.07) is 13.3. The number of hydrogen-bond acceptors (Lipinski definition) is 6. The van der Waals surface area contributed by atoms with Crippen LogP contribution in [0.4, 0.5) is 5.82 Å². The SMILES string of the molecule is Cc1ccc(C#N)c(N2CCC(=Cc3nc(-c4cccc(Cl)c4)no3)CC2)n1. The number of benzene rings is 1. The molecule has 1 aromatic carbocycles. The molecular formula is C21H18ClN5O. The van der Waals surface area contributed by atoms with Gasteiger partial charge in [-0.25, -0.2) is 4.98 Å². The summed E-state index contributed by atoms with van der Waals surface area (Å²) >= 11 is 6.02. The summed E-state index contributed by atoms with van der Waals surface area (Å²) in [6.07, 6.45) is 3.66. The van der Waals surface area contributed by atoms with Crippen LogP contribution < -0.4 is 4.90 Å². The van der Waals surface area contributed by atoms with Crippen molar-refractivity contribution in [1.82, 2.24) is 15.1 Å². The Labute approximate surface area is 168 Å². The van der Waals surface area contributed by atoms with Gasteiger partial charge in [0.15, 0.2) is 0 Å². The molecule has 0 radical (unpaired) electrons. The second-order valence-corrected chi connectivity index (χ2v) is 7.13. The Kier molecular flexibility index (Phi) is 5.09. The molecule has 28 heavy (non-hydrogen) atoms. The van der Waals surface area contributed by atoms with Gasteiger partial charge >= 0.3 is 0 Å². The fourth-order valence-electron chi connectivity index (χ4n) is 3.23. The van der Waals surface area contributed by atoms with Crippen LogP contribution in [0.2, 0.25) is 5.02 Å². The molecule has 3 aromatic rings. The zero-order valence-corrected chi connectivity index (χ0v) is 16.1. The van der Waals surface area contributed by atoms with Crippen molar-refractivity contribution in [3.8, 4) is 17.5 Å². The first-order valence-electron chi connectivity index (χ1n) is 9.04. The molecule has 0 atom stereocenters. The van der Waals surface area contributed by atoms with Crippen molar-refractivity contribution in [2.75, 3.05) is 18.0 Å². The third-order valence-corrected chi connectivity index (χ3v) is 4.93. The van der Waals surface area contributed by atoms with E-state index in [1.165, 1.54) is 5.57 Å². The minimum Gasteiger partial charge on any atom is -0.355 e. The molecule has 1 aliphatic rings.